The number of hydrogen-bond acceptors (Lipinski definition) is 9. The van der Waals surface area contributed by atoms with Gasteiger partial charge in [-0.1, -0.05) is 26.0 Å². The van der Waals surface area contributed by atoms with E-state index in [9.17, 15) is 4.79 Å². The maximum Gasteiger partial charge on any atom is 0.229 e. The Labute approximate surface area is 227 Å². The van der Waals surface area contributed by atoms with Crippen molar-refractivity contribution in [1.29, 1.82) is 0 Å². The van der Waals surface area contributed by atoms with E-state index in [2.05, 4.69) is 34.4 Å². The SMILES string of the molecule is CCN(CC)CCOc1ccc(Nc2ncc(-c3ccc(C(C)=O)s3)c(Nc3ccccc3OC)n2)cc1. The molecule has 2 aromatic heterocycles. The largest absolute Gasteiger partial charge is 0.495 e. The zero-order valence-corrected chi connectivity index (χ0v) is 23.0. The lowest BCUT2D eigenvalue weighted by molar-refractivity contribution is 0.102. The maximum absolute atomic E-state index is 11.9. The third-order valence-corrected chi connectivity index (χ3v) is 7.27. The molecule has 8 nitrogen and oxygen atoms in total. The van der Waals surface area contributed by atoms with Crippen molar-refractivity contribution in [2.24, 2.45) is 0 Å². The van der Waals surface area contributed by atoms with E-state index < -0.39 is 0 Å². The zero-order chi connectivity index (χ0) is 26.9. The van der Waals surface area contributed by atoms with Crippen LogP contribution in [0, 0.1) is 0 Å². The Hall–Kier alpha value is -3.95. The van der Waals surface area contributed by atoms with Gasteiger partial charge in [-0.15, -0.1) is 11.3 Å². The first-order chi connectivity index (χ1) is 18.5. The third kappa shape index (κ3) is 6.87. The summed E-state index contributed by atoms with van der Waals surface area (Å²) < 4.78 is 11.4. The molecule has 2 N–H and O–H groups in total. The van der Waals surface area contributed by atoms with Crippen molar-refractivity contribution in [3.63, 3.8) is 0 Å². The van der Waals surface area contributed by atoms with E-state index >= 15 is 0 Å². The Kier molecular flexibility index (Phi) is 9.29. The maximum atomic E-state index is 11.9. The molecule has 2 heterocycles. The summed E-state index contributed by atoms with van der Waals surface area (Å²) in [5.41, 5.74) is 2.40. The number of methoxy groups -OCH3 is 1. The van der Waals surface area contributed by atoms with Gasteiger partial charge < -0.3 is 25.0 Å². The number of ether oxygens (including phenoxy) is 2. The number of carbonyl (C=O) groups excluding carboxylic acids is 1. The molecular weight excluding hydrogens is 498 g/mol. The summed E-state index contributed by atoms with van der Waals surface area (Å²) in [6, 6.07) is 19.1. The van der Waals surface area contributed by atoms with Crippen LogP contribution in [-0.4, -0.2) is 54.0 Å². The average Bonchev–Trinajstić information content (AvgIpc) is 3.43. The fourth-order valence-corrected chi connectivity index (χ4v) is 4.77. The van der Waals surface area contributed by atoms with E-state index in [0.717, 1.165) is 47.2 Å². The molecule has 0 radical (unpaired) electrons. The van der Waals surface area contributed by atoms with Gasteiger partial charge in [0.15, 0.2) is 5.78 Å². The zero-order valence-electron chi connectivity index (χ0n) is 22.2. The lowest BCUT2D eigenvalue weighted by Gasteiger charge is -2.18. The van der Waals surface area contributed by atoms with Gasteiger partial charge in [0.2, 0.25) is 5.95 Å². The van der Waals surface area contributed by atoms with E-state index in [0.29, 0.717) is 29.0 Å². The molecule has 0 saturated carbocycles. The van der Waals surface area contributed by atoms with Crippen LogP contribution in [0.1, 0.15) is 30.4 Å². The molecule has 0 unspecified atom stereocenters. The lowest BCUT2D eigenvalue weighted by Crippen LogP contribution is -2.27. The van der Waals surface area contributed by atoms with E-state index in [4.69, 9.17) is 14.5 Å². The predicted octanol–water partition coefficient (Wildman–Crippen LogP) is 6.62. The molecular formula is C29H33N5O3S. The Morgan fingerprint density at radius 3 is 2.45 bits per heavy atom. The smallest absolute Gasteiger partial charge is 0.229 e. The number of thiophene rings is 1. The number of nitrogens with zero attached hydrogens (tertiary/aromatic N) is 3. The topological polar surface area (TPSA) is 88.6 Å². The molecule has 4 rings (SSSR count). The van der Waals surface area contributed by atoms with Gasteiger partial charge in [-0.3, -0.25) is 4.79 Å². The number of carbonyl (C=O) groups is 1. The summed E-state index contributed by atoms with van der Waals surface area (Å²) in [4.78, 5) is 25.1. The number of ketones is 1. The van der Waals surface area contributed by atoms with Gasteiger partial charge in [-0.2, -0.15) is 4.98 Å². The molecule has 38 heavy (non-hydrogen) atoms. The fourth-order valence-electron chi connectivity index (χ4n) is 3.86. The summed E-state index contributed by atoms with van der Waals surface area (Å²) in [5.74, 6) is 2.57. The molecule has 0 bridgehead atoms. The highest BCUT2D eigenvalue weighted by Gasteiger charge is 2.15. The molecule has 0 aliphatic rings. The number of likely N-dealkylation sites (N-methyl/N-ethyl adjacent to an activating group) is 1. The number of rotatable bonds is 13. The van der Waals surface area contributed by atoms with Crippen molar-refractivity contribution in [1.82, 2.24) is 14.9 Å². The molecule has 0 aliphatic carbocycles. The van der Waals surface area contributed by atoms with Crippen molar-refractivity contribution in [2.45, 2.75) is 20.8 Å². The van der Waals surface area contributed by atoms with E-state index in [1.807, 2.05) is 60.7 Å². The van der Waals surface area contributed by atoms with Crippen LogP contribution in [0.5, 0.6) is 11.5 Å². The summed E-state index contributed by atoms with van der Waals surface area (Å²) in [5, 5.41) is 6.66. The Balaban J connectivity index is 1.55. The molecule has 0 fully saturated rings. The lowest BCUT2D eigenvalue weighted by atomic mass is 10.2. The summed E-state index contributed by atoms with van der Waals surface area (Å²) in [6.45, 7) is 9.44. The molecule has 198 valence electrons. The van der Waals surface area contributed by atoms with Gasteiger partial charge in [0.05, 0.1) is 23.2 Å². The minimum Gasteiger partial charge on any atom is -0.495 e. The second-order valence-corrected chi connectivity index (χ2v) is 9.61. The molecule has 0 amide bonds. The number of anilines is 4. The average molecular weight is 532 g/mol. The van der Waals surface area contributed by atoms with Crippen LogP contribution >= 0.6 is 11.3 Å². The number of para-hydroxylation sites is 2. The monoisotopic (exact) mass is 531 g/mol. The van der Waals surface area contributed by atoms with Gasteiger partial charge in [-0.05, 0) is 68.5 Å². The second kappa shape index (κ2) is 13.0. The van der Waals surface area contributed by atoms with Crippen LogP contribution in [0.25, 0.3) is 10.4 Å². The van der Waals surface area contributed by atoms with E-state index in [1.165, 1.54) is 11.3 Å². The van der Waals surface area contributed by atoms with E-state index in [-0.39, 0.29) is 5.78 Å². The minimum atomic E-state index is 0.0279. The van der Waals surface area contributed by atoms with Gasteiger partial charge >= 0.3 is 0 Å². The number of Topliss-reactive ketones (excluding diaryl/α,β-unsaturated/α-hetero) is 1. The molecule has 0 aliphatic heterocycles. The minimum absolute atomic E-state index is 0.0279. The molecule has 4 aromatic rings. The third-order valence-electron chi connectivity index (χ3n) is 6.05. The van der Waals surface area contributed by atoms with Crippen molar-refractivity contribution in [3.8, 4) is 21.9 Å². The highest BCUT2D eigenvalue weighted by atomic mass is 32.1. The van der Waals surface area contributed by atoms with Crippen LogP contribution in [0.15, 0.2) is 66.9 Å². The molecule has 0 spiro atoms. The molecule has 0 atom stereocenters. The van der Waals surface area contributed by atoms with Crippen LogP contribution in [0.3, 0.4) is 0 Å². The van der Waals surface area contributed by atoms with Gasteiger partial charge in [0.25, 0.3) is 0 Å². The predicted molar refractivity (Wildman–Crippen MR) is 155 cm³/mol. The summed E-state index contributed by atoms with van der Waals surface area (Å²) >= 11 is 1.41. The van der Waals surface area contributed by atoms with Gasteiger partial charge in [0.1, 0.15) is 23.9 Å². The standard InChI is InChI=1S/C29H33N5O3S/c1-5-34(6-2)17-18-37-22-13-11-21(12-14-22)31-29-30-19-23(27-16-15-26(38-27)20(3)35)28(33-29)32-24-9-7-8-10-25(24)36-4/h7-16,19H,5-6,17-18H2,1-4H3,(H2,30,31,32,33). The number of hydrogen-bond donors (Lipinski definition) is 2. The number of aromatic nitrogens is 2. The van der Waals surface area contributed by atoms with Gasteiger partial charge in [0, 0.05) is 23.3 Å². The Bertz CT molecular complexity index is 1350. The fraction of sp³-hybridized carbons (Fsp3) is 0.276. The first-order valence-corrected chi connectivity index (χ1v) is 13.4. The first-order valence-electron chi connectivity index (χ1n) is 12.6. The van der Waals surface area contributed by atoms with Crippen molar-refractivity contribution in [3.05, 3.63) is 71.7 Å². The van der Waals surface area contributed by atoms with E-state index in [1.54, 1.807) is 20.2 Å². The highest BCUT2D eigenvalue weighted by Crippen LogP contribution is 2.36. The summed E-state index contributed by atoms with van der Waals surface area (Å²) in [7, 11) is 1.63. The van der Waals surface area contributed by atoms with Crippen LogP contribution in [0.2, 0.25) is 0 Å². The first kappa shape index (κ1) is 27.1. The van der Waals surface area contributed by atoms with Crippen molar-refractivity contribution < 1.29 is 14.3 Å². The Morgan fingerprint density at radius 1 is 1.00 bits per heavy atom. The van der Waals surface area contributed by atoms with Gasteiger partial charge in [-0.25, -0.2) is 4.98 Å². The van der Waals surface area contributed by atoms with Crippen molar-refractivity contribution in [2.75, 3.05) is 44.0 Å². The Morgan fingerprint density at radius 2 is 1.76 bits per heavy atom. The highest BCUT2D eigenvalue weighted by molar-refractivity contribution is 7.17. The van der Waals surface area contributed by atoms with Crippen LogP contribution < -0.4 is 20.1 Å². The molecule has 0 saturated heterocycles. The molecule has 2 aromatic carbocycles. The number of benzene rings is 2. The van der Waals surface area contributed by atoms with Crippen LogP contribution in [-0.2, 0) is 0 Å². The van der Waals surface area contributed by atoms with Crippen LogP contribution in [0.4, 0.5) is 23.1 Å². The second-order valence-electron chi connectivity index (χ2n) is 8.53. The quantitative estimate of drug-likeness (QED) is 0.186. The summed E-state index contributed by atoms with van der Waals surface area (Å²) in [6.07, 6.45) is 1.76. The molecule has 9 heteroatoms. The number of nitrogens with one attached hydrogen (secondary N) is 2. The normalized spacial score (nSPS) is 10.9. The van der Waals surface area contributed by atoms with Crippen molar-refractivity contribution >= 4 is 40.3 Å².